The van der Waals surface area contributed by atoms with Gasteiger partial charge in [0.05, 0.1) is 5.69 Å². The number of nitrogens with zero attached hydrogens (tertiary/aromatic N) is 1. The van der Waals surface area contributed by atoms with Crippen molar-refractivity contribution >= 4 is 5.69 Å². The third-order valence-electron chi connectivity index (χ3n) is 4.16. The quantitative estimate of drug-likeness (QED) is 0.892. The maximum absolute atomic E-state index is 14.0. The molecule has 1 aromatic rings. The molecule has 1 saturated carbocycles. The van der Waals surface area contributed by atoms with E-state index in [9.17, 15) is 4.39 Å². The van der Waals surface area contributed by atoms with E-state index in [4.69, 9.17) is 5.73 Å². The summed E-state index contributed by atoms with van der Waals surface area (Å²) in [5.74, 6) is 0.665. The zero-order valence-electron chi connectivity index (χ0n) is 11.3. The number of hydrogen-bond acceptors (Lipinski definition) is 2. The lowest BCUT2D eigenvalue weighted by Crippen LogP contribution is -2.35. The van der Waals surface area contributed by atoms with E-state index in [0.29, 0.717) is 18.3 Å². The molecule has 1 aromatic carbocycles. The zero-order valence-corrected chi connectivity index (χ0v) is 11.3. The maximum atomic E-state index is 14.0. The molecule has 0 amide bonds. The molecule has 0 aliphatic heterocycles. The van der Waals surface area contributed by atoms with Crippen LogP contribution in [0.1, 0.15) is 38.2 Å². The van der Waals surface area contributed by atoms with E-state index in [0.717, 1.165) is 24.3 Å². The minimum atomic E-state index is -0.154. The lowest BCUT2D eigenvalue weighted by molar-refractivity contribution is 0.339. The van der Waals surface area contributed by atoms with Crippen LogP contribution < -0.4 is 10.6 Å². The number of nitrogens with two attached hydrogens (primary N) is 1. The van der Waals surface area contributed by atoms with Crippen molar-refractivity contribution in [1.29, 1.82) is 0 Å². The highest BCUT2D eigenvalue weighted by Crippen LogP contribution is 2.30. The van der Waals surface area contributed by atoms with Crippen molar-refractivity contribution in [2.75, 3.05) is 11.9 Å². The molecule has 3 heteroatoms. The summed E-state index contributed by atoms with van der Waals surface area (Å²) in [5, 5.41) is 0. The summed E-state index contributed by atoms with van der Waals surface area (Å²) in [6.07, 6.45) is 4.82. The van der Waals surface area contributed by atoms with Gasteiger partial charge in [-0.2, -0.15) is 0 Å². The standard InChI is InChI=1S/C15H23FN2/c1-11-3-6-13(7-4-11)18(2)15-8-5-12(10-17)9-14(15)16/h5,8-9,11,13H,3-4,6-7,10,17H2,1-2H3. The normalized spacial score (nSPS) is 24.0. The molecule has 2 N–H and O–H groups in total. The van der Waals surface area contributed by atoms with Crippen LogP contribution in [0.4, 0.5) is 10.1 Å². The fourth-order valence-corrected chi connectivity index (χ4v) is 2.79. The van der Waals surface area contributed by atoms with Crippen molar-refractivity contribution in [2.24, 2.45) is 11.7 Å². The van der Waals surface area contributed by atoms with Crippen LogP contribution in [0.5, 0.6) is 0 Å². The van der Waals surface area contributed by atoms with E-state index in [2.05, 4.69) is 11.8 Å². The van der Waals surface area contributed by atoms with Gasteiger partial charge in [0.15, 0.2) is 0 Å². The predicted molar refractivity (Wildman–Crippen MR) is 74.1 cm³/mol. The molecule has 0 bridgehead atoms. The van der Waals surface area contributed by atoms with Crippen molar-refractivity contribution in [3.05, 3.63) is 29.6 Å². The van der Waals surface area contributed by atoms with Gasteiger partial charge < -0.3 is 10.6 Å². The van der Waals surface area contributed by atoms with Gasteiger partial charge in [0.1, 0.15) is 5.82 Å². The van der Waals surface area contributed by atoms with Gasteiger partial charge in [0.25, 0.3) is 0 Å². The minimum Gasteiger partial charge on any atom is -0.369 e. The molecule has 0 aromatic heterocycles. The Balaban J connectivity index is 2.11. The first-order valence-corrected chi connectivity index (χ1v) is 6.83. The van der Waals surface area contributed by atoms with Crippen LogP contribution in [0, 0.1) is 11.7 Å². The molecule has 0 unspecified atom stereocenters. The molecule has 100 valence electrons. The topological polar surface area (TPSA) is 29.3 Å². The summed E-state index contributed by atoms with van der Waals surface area (Å²) in [6.45, 7) is 2.69. The second kappa shape index (κ2) is 5.70. The Labute approximate surface area is 109 Å². The lowest BCUT2D eigenvalue weighted by Gasteiger charge is -2.35. The molecule has 18 heavy (non-hydrogen) atoms. The molecule has 1 aliphatic carbocycles. The second-order valence-corrected chi connectivity index (χ2v) is 5.51. The lowest BCUT2D eigenvalue weighted by atomic mass is 9.86. The van der Waals surface area contributed by atoms with Gasteiger partial charge in [-0.25, -0.2) is 4.39 Å². The Hall–Kier alpha value is -1.09. The van der Waals surface area contributed by atoms with Crippen LogP contribution in [-0.2, 0) is 6.54 Å². The third-order valence-corrected chi connectivity index (χ3v) is 4.16. The van der Waals surface area contributed by atoms with E-state index in [-0.39, 0.29) is 5.82 Å². The van der Waals surface area contributed by atoms with E-state index >= 15 is 0 Å². The highest BCUT2D eigenvalue weighted by Gasteiger charge is 2.23. The maximum Gasteiger partial charge on any atom is 0.146 e. The monoisotopic (exact) mass is 250 g/mol. The first-order valence-electron chi connectivity index (χ1n) is 6.83. The van der Waals surface area contributed by atoms with Crippen molar-refractivity contribution in [3.63, 3.8) is 0 Å². The summed E-state index contributed by atoms with van der Waals surface area (Å²) in [7, 11) is 2.00. The highest BCUT2D eigenvalue weighted by molar-refractivity contribution is 5.49. The highest BCUT2D eigenvalue weighted by atomic mass is 19.1. The third kappa shape index (κ3) is 2.83. The first-order chi connectivity index (χ1) is 8.61. The van der Waals surface area contributed by atoms with Crippen LogP contribution in [0.25, 0.3) is 0 Å². The number of rotatable bonds is 3. The molecule has 1 aliphatic rings. The number of benzene rings is 1. The van der Waals surface area contributed by atoms with E-state index in [1.54, 1.807) is 6.07 Å². The largest absolute Gasteiger partial charge is 0.369 e. The summed E-state index contributed by atoms with van der Waals surface area (Å²) < 4.78 is 14.0. The van der Waals surface area contributed by atoms with Gasteiger partial charge in [-0.3, -0.25) is 0 Å². The van der Waals surface area contributed by atoms with Gasteiger partial charge in [0, 0.05) is 19.6 Å². The SMILES string of the molecule is CC1CCC(N(C)c2ccc(CN)cc2F)CC1. The van der Waals surface area contributed by atoms with E-state index in [1.807, 2.05) is 19.2 Å². The van der Waals surface area contributed by atoms with E-state index < -0.39 is 0 Å². The Bertz CT molecular complexity index is 397. The van der Waals surface area contributed by atoms with E-state index in [1.165, 1.54) is 12.8 Å². The molecule has 1 fully saturated rings. The fourth-order valence-electron chi connectivity index (χ4n) is 2.79. The van der Waals surface area contributed by atoms with Gasteiger partial charge in [-0.05, 0) is 49.3 Å². The summed E-state index contributed by atoms with van der Waals surface area (Å²) in [4.78, 5) is 2.10. The van der Waals surface area contributed by atoms with Gasteiger partial charge in [0.2, 0.25) is 0 Å². The number of halogens is 1. The average molecular weight is 250 g/mol. The molecule has 2 rings (SSSR count). The second-order valence-electron chi connectivity index (χ2n) is 5.51. The first kappa shape index (κ1) is 13.3. The molecule has 0 saturated heterocycles. The van der Waals surface area contributed by atoms with Crippen LogP contribution in [0.2, 0.25) is 0 Å². The number of anilines is 1. The molecule has 0 spiro atoms. The molecule has 0 heterocycles. The fraction of sp³-hybridized carbons (Fsp3) is 0.600. The molecular weight excluding hydrogens is 227 g/mol. The predicted octanol–water partition coefficient (Wildman–Crippen LogP) is 3.30. The molecule has 0 atom stereocenters. The Morgan fingerprint density at radius 3 is 2.50 bits per heavy atom. The molecular formula is C15H23FN2. The van der Waals surface area contributed by atoms with Crippen molar-refractivity contribution in [3.8, 4) is 0 Å². The van der Waals surface area contributed by atoms with Crippen LogP contribution >= 0.6 is 0 Å². The number of hydrogen-bond donors (Lipinski definition) is 1. The van der Waals surface area contributed by atoms with Crippen LogP contribution in [-0.4, -0.2) is 13.1 Å². The van der Waals surface area contributed by atoms with Gasteiger partial charge in [-0.1, -0.05) is 13.0 Å². The van der Waals surface area contributed by atoms with Crippen molar-refractivity contribution in [2.45, 2.75) is 45.2 Å². The Morgan fingerprint density at radius 2 is 1.94 bits per heavy atom. The smallest absolute Gasteiger partial charge is 0.146 e. The summed E-state index contributed by atoms with van der Waals surface area (Å²) in [5.41, 5.74) is 7.07. The Morgan fingerprint density at radius 1 is 1.28 bits per heavy atom. The van der Waals surface area contributed by atoms with Gasteiger partial charge in [-0.15, -0.1) is 0 Å². The summed E-state index contributed by atoms with van der Waals surface area (Å²) in [6, 6.07) is 5.80. The average Bonchev–Trinajstić information content (AvgIpc) is 2.38. The zero-order chi connectivity index (χ0) is 13.1. The van der Waals surface area contributed by atoms with Crippen molar-refractivity contribution < 1.29 is 4.39 Å². The minimum absolute atomic E-state index is 0.154. The van der Waals surface area contributed by atoms with Crippen LogP contribution in [0.3, 0.4) is 0 Å². The molecule has 2 nitrogen and oxygen atoms in total. The van der Waals surface area contributed by atoms with Crippen LogP contribution in [0.15, 0.2) is 18.2 Å². The Kier molecular flexibility index (Phi) is 4.23. The van der Waals surface area contributed by atoms with Gasteiger partial charge >= 0.3 is 0 Å². The summed E-state index contributed by atoms with van der Waals surface area (Å²) >= 11 is 0. The van der Waals surface area contributed by atoms with Crippen molar-refractivity contribution in [1.82, 2.24) is 0 Å². The molecule has 0 radical (unpaired) electrons.